The van der Waals surface area contributed by atoms with Crippen LogP contribution in [0.4, 0.5) is 5.69 Å². The second-order valence-corrected chi connectivity index (χ2v) is 8.69. The summed E-state index contributed by atoms with van der Waals surface area (Å²) in [7, 11) is -2.19. The van der Waals surface area contributed by atoms with Gasteiger partial charge in [0.05, 0.1) is 17.5 Å². The first kappa shape index (κ1) is 21.6. The number of anilines is 1. The summed E-state index contributed by atoms with van der Waals surface area (Å²) in [5.41, 5.74) is 1.88. The number of benzene rings is 2. The van der Waals surface area contributed by atoms with E-state index in [-0.39, 0.29) is 17.0 Å². The Morgan fingerprint density at radius 2 is 1.68 bits per heavy atom. The molecular weight excluding hydrogens is 378 g/mol. The van der Waals surface area contributed by atoms with Crippen molar-refractivity contribution in [2.45, 2.75) is 26.2 Å². The Morgan fingerprint density at radius 1 is 1.07 bits per heavy atom. The van der Waals surface area contributed by atoms with Crippen molar-refractivity contribution in [2.24, 2.45) is 0 Å². The van der Waals surface area contributed by atoms with Gasteiger partial charge in [-0.05, 0) is 30.0 Å². The second-order valence-electron chi connectivity index (χ2n) is 6.68. The van der Waals surface area contributed by atoms with Crippen molar-refractivity contribution < 1.29 is 22.7 Å². The Labute approximate surface area is 166 Å². The smallest absolute Gasteiger partial charge is 0.340 e. The van der Waals surface area contributed by atoms with Crippen molar-refractivity contribution in [3.8, 4) is 0 Å². The van der Waals surface area contributed by atoms with Crippen LogP contribution in [-0.4, -0.2) is 40.1 Å². The third-order valence-electron chi connectivity index (χ3n) is 4.71. The molecule has 7 heteroatoms. The van der Waals surface area contributed by atoms with E-state index >= 15 is 0 Å². The number of carbonyl (C=O) groups is 2. The van der Waals surface area contributed by atoms with E-state index in [1.807, 2.05) is 12.1 Å². The number of ketones is 1. The van der Waals surface area contributed by atoms with E-state index < -0.39 is 22.6 Å². The highest BCUT2D eigenvalue weighted by Gasteiger charge is 2.21. The Morgan fingerprint density at radius 3 is 2.25 bits per heavy atom. The average Bonchev–Trinajstić information content (AvgIpc) is 2.70. The molecule has 0 heterocycles. The number of carbonyl (C=O) groups excluding carboxylic acids is 2. The lowest BCUT2D eigenvalue weighted by Gasteiger charge is -2.19. The molecule has 0 amide bonds. The third-order valence-corrected chi connectivity index (χ3v) is 5.90. The van der Waals surface area contributed by atoms with Crippen LogP contribution in [0.25, 0.3) is 0 Å². The SMILES string of the molecule is CC[C@@H](C)c1ccc(C(=O)COC(=O)c2ccccc2N(C)S(C)(=O)=O)cc1. The van der Waals surface area contributed by atoms with Gasteiger partial charge in [0.15, 0.2) is 12.4 Å². The summed E-state index contributed by atoms with van der Waals surface area (Å²) in [6.07, 6.45) is 2.05. The van der Waals surface area contributed by atoms with E-state index in [4.69, 9.17) is 4.74 Å². The molecule has 0 aliphatic heterocycles. The topological polar surface area (TPSA) is 80.8 Å². The average molecular weight is 404 g/mol. The number of hydrogen-bond donors (Lipinski definition) is 0. The zero-order chi connectivity index (χ0) is 20.9. The zero-order valence-electron chi connectivity index (χ0n) is 16.5. The number of ether oxygens (including phenoxy) is 1. The first-order valence-electron chi connectivity index (χ1n) is 8.98. The van der Waals surface area contributed by atoms with Crippen molar-refractivity contribution >= 4 is 27.5 Å². The largest absolute Gasteiger partial charge is 0.454 e. The monoisotopic (exact) mass is 403 g/mol. The molecule has 2 aromatic rings. The lowest BCUT2D eigenvalue weighted by Crippen LogP contribution is -2.27. The van der Waals surface area contributed by atoms with Gasteiger partial charge < -0.3 is 4.74 Å². The van der Waals surface area contributed by atoms with E-state index in [1.54, 1.807) is 24.3 Å². The maximum absolute atomic E-state index is 12.4. The highest BCUT2D eigenvalue weighted by molar-refractivity contribution is 7.92. The van der Waals surface area contributed by atoms with Gasteiger partial charge in [-0.2, -0.15) is 0 Å². The van der Waals surface area contributed by atoms with Gasteiger partial charge in [-0.15, -0.1) is 0 Å². The molecular formula is C21H25NO5S. The van der Waals surface area contributed by atoms with Crippen LogP contribution in [0.1, 0.15) is 52.5 Å². The quantitative estimate of drug-likeness (QED) is 0.497. The predicted molar refractivity (Wildman–Crippen MR) is 109 cm³/mol. The van der Waals surface area contributed by atoms with Crippen LogP contribution in [0.2, 0.25) is 0 Å². The summed E-state index contributed by atoms with van der Waals surface area (Å²) in [4.78, 5) is 24.7. The van der Waals surface area contributed by atoms with Crippen LogP contribution in [0.15, 0.2) is 48.5 Å². The number of Topliss-reactive ketones (excluding diaryl/α,β-unsaturated/α-hetero) is 1. The first-order chi connectivity index (χ1) is 13.1. The fraction of sp³-hybridized carbons (Fsp3) is 0.333. The maximum atomic E-state index is 12.4. The molecule has 0 aliphatic carbocycles. The van der Waals surface area contributed by atoms with Crippen LogP contribution < -0.4 is 4.31 Å². The molecule has 0 saturated heterocycles. The van der Waals surface area contributed by atoms with Crippen molar-refractivity contribution in [3.05, 3.63) is 65.2 Å². The van der Waals surface area contributed by atoms with Crippen molar-refractivity contribution in [3.63, 3.8) is 0 Å². The molecule has 28 heavy (non-hydrogen) atoms. The Balaban J connectivity index is 2.09. The van der Waals surface area contributed by atoms with Crippen molar-refractivity contribution in [1.29, 1.82) is 0 Å². The van der Waals surface area contributed by atoms with Crippen molar-refractivity contribution in [1.82, 2.24) is 0 Å². The highest BCUT2D eigenvalue weighted by atomic mass is 32.2. The zero-order valence-corrected chi connectivity index (χ0v) is 17.3. The molecule has 0 fully saturated rings. The third kappa shape index (κ3) is 5.19. The second kappa shape index (κ2) is 9.01. The summed E-state index contributed by atoms with van der Waals surface area (Å²) in [6.45, 7) is 3.80. The lowest BCUT2D eigenvalue weighted by molar-refractivity contribution is 0.0475. The van der Waals surface area contributed by atoms with Crippen LogP contribution in [0.3, 0.4) is 0 Å². The summed E-state index contributed by atoms with van der Waals surface area (Å²) >= 11 is 0. The molecule has 150 valence electrons. The summed E-state index contributed by atoms with van der Waals surface area (Å²) < 4.78 is 29.7. The minimum atomic E-state index is -3.54. The van der Waals surface area contributed by atoms with Crippen LogP contribution >= 0.6 is 0 Å². The summed E-state index contributed by atoms with van der Waals surface area (Å²) in [6, 6.07) is 13.5. The number of esters is 1. The van der Waals surface area contributed by atoms with Crippen molar-refractivity contribution in [2.75, 3.05) is 24.2 Å². The van der Waals surface area contributed by atoms with E-state index in [0.717, 1.165) is 22.5 Å². The van der Waals surface area contributed by atoms with Gasteiger partial charge in [0.25, 0.3) is 0 Å². The highest BCUT2D eigenvalue weighted by Crippen LogP contribution is 2.22. The molecule has 0 radical (unpaired) electrons. The normalized spacial score (nSPS) is 12.3. The van der Waals surface area contributed by atoms with Gasteiger partial charge in [-0.1, -0.05) is 50.2 Å². The van der Waals surface area contributed by atoms with Crippen LogP contribution in [0, 0.1) is 0 Å². The molecule has 0 aromatic heterocycles. The molecule has 6 nitrogen and oxygen atoms in total. The molecule has 1 atom stereocenters. The molecule has 0 spiro atoms. The van der Waals surface area contributed by atoms with Crippen LogP contribution in [-0.2, 0) is 14.8 Å². The Bertz CT molecular complexity index is 951. The summed E-state index contributed by atoms with van der Waals surface area (Å²) in [5, 5.41) is 0. The van der Waals surface area contributed by atoms with E-state index in [9.17, 15) is 18.0 Å². The number of para-hydroxylation sites is 1. The molecule has 2 rings (SSSR count). The minimum absolute atomic E-state index is 0.0790. The Hall–Kier alpha value is -2.67. The van der Waals surface area contributed by atoms with Crippen LogP contribution in [0.5, 0.6) is 0 Å². The summed E-state index contributed by atoms with van der Waals surface area (Å²) in [5.74, 6) is -0.668. The Kier molecular flexibility index (Phi) is 6.96. The van der Waals surface area contributed by atoms with Gasteiger partial charge in [0, 0.05) is 12.6 Å². The molecule has 2 aromatic carbocycles. The molecule has 0 aliphatic rings. The lowest BCUT2D eigenvalue weighted by atomic mass is 9.97. The molecule has 0 saturated carbocycles. The minimum Gasteiger partial charge on any atom is -0.454 e. The molecule has 0 bridgehead atoms. The van der Waals surface area contributed by atoms with E-state index in [0.29, 0.717) is 11.5 Å². The fourth-order valence-electron chi connectivity index (χ4n) is 2.62. The van der Waals surface area contributed by atoms with Gasteiger partial charge in [-0.3, -0.25) is 9.10 Å². The standard InChI is InChI=1S/C21H25NO5S/c1-5-15(2)16-10-12-17(13-11-16)20(23)14-27-21(24)18-8-6-7-9-19(18)22(3)28(4,25)26/h6-13,15H,5,14H2,1-4H3/t15-/m1/s1. The number of nitrogens with zero attached hydrogens (tertiary/aromatic N) is 1. The number of rotatable bonds is 8. The van der Waals surface area contributed by atoms with Gasteiger partial charge >= 0.3 is 5.97 Å². The van der Waals surface area contributed by atoms with E-state index in [1.165, 1.54) is 19.2 Å². The first-order valence-corrected chi connectivity index (χ1v) is 10.8. The van der Waals surface area contributed by atoms with E-state index in [2.05, 4.69) is 13.8 Å². The predicted octanol–water partition coefficient (Wildman–Crippen LogP) is 3.64. The molecule has 0 N–H and O–H groups in total. The van der Waals surface area contributed by atoms with Gasteiger partial charge in [-0.25, -0.2) is 13.2 Å². The van der Waals surface area contributed by atoms with Gasteiger partial charge in [0.1, 0.15) is 0 Å². The molecule has 0 unspecified atom stereocenters. The fourth-order valence-corrected chi connectivity index (χ4v) is 3.14. The number of hydrogen-bond acceptors (Lipinski definition) is 5. The maximum Gasteiger partial charge on any atom is 0.340 e. The number of sulfonamides is 1. The van der Waals surface area contributed by atoms with Gasteiger partial charge in [0.2, 0.25) is 10.0 Å².